The van der Waals surface area contributed by atoms with Gasteiger partial charge < -0.3 is 9.73 Å². The van der Waals surface area contributed by atoms with E-state index in [1.165, 1.54) is 13.2 Å². The van der Waals surface area contributed by atoms with E-state index in [2.05, 4.69) is 5.32 Å². The van der Waals surface area contributed by atoms with Crippen LogP contribution in [0.25, 0.3) is 0 Å². The first-order valence-corrected chi connectivity index (χ1v) is 6.35. The maximum atomic E-state index is 11.4. The second kappa shape index (κ2) is 4.48. The normalized spacial score (nSPS) is 13.5. The Morgan fingerprint density at radius 3 is 2.73 bits per heavy atom. The van der Waals surface area contributed by atoms with Crippen molar-refractivity contribution in [2.24, 2.45) is 0 Å². The molecule has 0 fully saturated rings. The maximum absolute atomic E-state index is 11.4. The predicted octanol–water partition coefficient (Wildman–Crippen LogP) is 0.329. The van der Waals surface area contributed by atoms with Crippen LogP contribution in [0.4, 0.5) is 0 Å². The number of carbonyl (C=O) groups is 1. The van der Waals surface area contributed by atoms with Crippen molar-refractivity contribution in [1.29, 1.82) is 0 Å². The van der Waals surface area contributed by atoms with Crippen molar-refractivity contribution in [2.45, 2.75) is 18.7 Å². The molecule has 84 valence electrons. The summed E-state index contributed by atoms with van der Waals surface area (Å²) in [4.78, 5) is 11.4. The lowest BCUT2D eigenvalue weighted by atomic mass is 10.4. The Morgan fingerprint density at radius 1 is 1.60 bits per heavy atom. The van der Waals surface area contributed by atoms with E-state index < -0.39 is 21.0 Å². The number of hydrogen-bond donors (Lipinski definition) is 1. The largest absolute Gasteiger partial charge is 0.467 e. The topological polar surface area (TPSA) is 76.4 Å². The molecular formula is C9H13NO4S. The Kier molecular flexibility index (Phi) is 3.52. The molecular weight excluding hydrogens is 218 g/mol. The van der Waals surface area contributed by atoms with Crippen molar-refractivity contribution >= 4 is 15.7 Å². The van der Waals surface area contributed by atoms with Gasteiger partial charge in [0.15, 0.2) is 9.84 Å². The number of amides is 1. The summed E-state index contributed by atoms with van der Waals surface area (Å²) in [7, 11) is -3.34. The summed E-state index contributed by atoms with van der Waals surface area (Å²) >= 11 is 0. The lowest BCUT2D eigenvalue weighted by Gasteiger charge is -2.08. The van der Waals surface area contributed by atoms with Crippen LogP contribution in [-0.4, -0.2) is 25.8 Å². The quantitative estimate of drug-likeness (QED) is 0.810. The van der Waals surface area contributed by atoms with Crippen molar-refractivity contribution < 1.29 is 17.6 Å². The molecule has 1 aromatic rings. The van der Waals surface area contributed by atoms with Gasteiger partial charge in [-0.05, 0) is 19.1 Å². The highest BCUT2D eigenvalue weighted by Crippen LogP contribution is 2.01. The minimum Gasteiger partial charge on any atom is -0.467 e. The zero-order valence-electron chi connectivity index (χ0n) is 8.56. The first-order chi connectivity index (χ1) is 6.91. The molecule has 0 aliphatic rings. The number of furan rings is 1. The van der Waals surface area contributed by atoms with Crippen LogP contribution in [-0.2, 0) is 21.2 Å². The van der Waals surface area contributed by atoms with Gasteiger partial charge in [0.05, 0.1) is 12.8 Å². The number of sulfone groups is 1. The van der Waals surface area contributed by atoms with E-state index >= 15 is 0 Å². The Morgan fingerprint density at radius 2 is 2.27 bits per heavy atom. The van der Waals surface area contributed by atoms with Gasteiger partial charge in [-0.15, -0.1) is 0 Å². The molecule has 0 aromatic carbocycles. The van der Waals surface area contributed by atoms with E-state index in [-0.39, 0.29) is 6.54 Å². The van der Waals surface area contributed by atoms with Crippen LogP contribution in [0.3, 0.4) is 0 Å². The molecule has 0 saturated heterocycles. The highest BCUT2D eigenvalue weighted by Gasteiger charge is 2.23. The second-order valence-corrected chi connectivity index (χ2v) is 5.64. The van der Waals surface area contributed by atoms with Crippen LogP contribution in [0.15, 0.2) is 22.8 Å². The molecule has 0 aliphatic heterocycles. The molecule has 0 radical (unpaired) electrons. The molecule has 5 nitrogen and oxygen atoms in total. The highest BCUT2D eigenvalue weighted by atomic mass is 32.2. The fraction of sp³-hybridized carbons (Fsp3) is 0.444. The van der Waals surface area contributed by atoms with Crippen molar-refractivity contribution in [3.8, 4) is 0 Å². The minimum absolute atomic E-state index is 0.200. The molecule has 1 unspecified atom stereocenters. The fourth-order valence-corrected chi connectivity index (χ4v) is 1.40. The van der Waals surface area contributed by atoms with E-state index in [1.807, 2.05) is 0 Å². The van der Waals surface area contributed by atoms with Gasteiger partial charge in [-0.1, -0.05) is 0 Å². The fourth-order valence-electron chi connectivity index (χ4n) is 0.926. The van der Waals surface area contributed by atoms with E-state index in [1.54, 1.807) is 12.1 Å². The Labute approximate surface area is 88.4 Å². The van der Waals surface area contributed by atoms with Gasteiger partial charge in [0.2, 0.25) is 5.91 Å². The summed E-state index contributed by atoms with van der Waals surface area (Å²) in [5, 5.41) is 1.44. The monoisotopic (exact) mass is 231 g/mol. The average molecular weight is 231 g/mol. The first-order valence-electron chi connectivity index (χ1n) is 4.40. The highest BCUT2D eigenvalue weighted by molar-refractivity contribution is 7.92. The summed E-state index contributed by atoms with van der Waals surface area (Å²) < 4.78 is 27.1. The third-order valence-corrected chi connectivity index (χ3v) is 3.53. The lowest BCUT2D eigenvalue weighted by Crippen LogP contribution is -2.36. The molecule has 1 amide bonds. The Hall–Kier alpha value is -1.30. The third-order valence-electron chi connectivity index (χ3n) is 2.03. The first kappa shape index (κ1) is 11.8. The molecule has 0 aliphatic carbocycles. The van der Waals surface area contributed by atoms with Gasteiger partial charge >= 0.3 is 0 Å². The van der Waals surface area contributed by atoms with Gasteiger partial charge in [0.1, 0.15) is 11.0 Å². The van der Waals surface area contributed by atoms with Crippen LogP contribution < -0.4 is 5.32 Å². The number of nitrogens with one attached hydrogen (secondary N) is 1. The van der Waals surface area contributed by atoms with Gasteiger partial charge in [0.25, 0.3) is 0 Å². The van der Waals surface area contributed by atoms with E-state index in [0.717, 1.165) is 6.26 Å². The van der Waals surface area contributed by atoms with Crippen LogP contribution in [0, 0.1) is 0 Å². The van der Waals surface area contributed by atoms with E-state index in [4.69, 9.17) is 4.42 Å². The van der Waals surface area contributed by atoms with Gasteiger partial charge in [0, 0.05) is 6.26 Å². The molecule has 1 atom stereocenters. The molecule has 1 aromatic heterocycles. The predicted molar refractivity (Wildman–Crippen MR) is 54.9 cm³/mol. The van der Waals surface area contributed by atoms with Crippen molar-refractivity contribution in [1.82, 2.24) is 5.32 Å². The minimum atomic E-state index is -3.34. The smallest absolute Gasteiger partial charge is 0.238 e. The molecule has 15 heavy (non-hydrogen) atoms. The number of rotatable bonds is 4. The SMILES string of the molecule is CC(C(=O)NCc1ccco1)S(C)(=O)=O. The Bertz CT molecular complexity index is 421. The van der Waals surface area contributed by atoms with Crippen LogP contribution in [0.5, 0.6) is 0 Å². The lowest BCUT2D eigenvalue weighted by molar-refractivity contribution is -0.120. The van der Waals surface area contributed by atoms with Crippen LogP contribution >= 0.6 is 0 Å². The molecule has 1 heterocycles. The summed E-state index contributed by atoms with van der Waals surface area (Å²) in [6, 6.07) is 3.40. The maximum Gasteiger partial charge on any atom is 0.238 e. The summed E-state index contributed by atoms with van der Waals surface area (Å²) in [6.45, 7) is 1.55. The summed E-state index contributed by atoms with van der Waals surface area (Å²) in [6.07, 6.45) is 2.52. The van der Waals surface area contributed by atoms with Crippen molar-refractivity contribution in [3.05, 3.63) is 24.2 Å². The molecule has 0 saturated carbocycles. The summed E-state index contributed by atoms with van der Waals surface area (Å²) in [5.74, 6) is 0.0675. The second-order valence-electron chi connectivity index (χ2n) is 3.27. The van der Waals surface area contributed by atoms with Gasteiger partial charge in [-0.3, -0.25) is 4.79 Å². The van der Waals surface area contributed by atoms with Crippen LogP contribution in [0.1, 0.15) is 12.7 Å². The molecule has 1 N–H and O–H groups in total. The van der Waals surface area contributed by atoms with Gasteiger partial charge in [-0.25, -0.2) is 8.42 Å². The van der Waals surface area contributed by atoms with Crippen molar-refractivity contribution in [2.75, 3.05) is 6.26 Å². The molecule has 1 rings (SSSR count). The standard InChI is InChI=1S/C9H13NO4S/c1-7(15(2,12)13)9(11)10-6-8-4-3-5-14-8/h3-5,7H,6H2,1-2H3,(H,10,11). The number of hydrogen-bond acceptors (Lipinski definition) is 4. The van der Waals surface area contributed by atoms with Crippen molar-refractivity contribution in [3.63, 3.8) is 0 Å². The summed E-state index contributed by atoms with van der Waals surface area (Å²) in [5.41, 5.74) is 0. The third kappa shape index (κ3) is 3.39. The van der Waals surface area contributed by atoms with E-state index in [9.17, 15) is 13.2 Å². The van der Waals surface area contributed by atoms with Crippen LogP contribution in [0.2, 0.25) is 0 Å². The van der Waals surface area contributed by atoms with Gasteiger partial charge in [-0.2, -0.15) is 0 Å². The Balaban J connectivity index is 2.50. The molecule has 0 bridgehead atoms. The number of carbonyl (C=O) groups excluding carboxylic acids is 1. The van der Waals surface area contributed by atoms with E-state index in [0.29, 0.717) is 5.76 Å². The zero-order chi connectivity index (χ0) is 11.5. The molecule has 6 heteroatoms. The molecule has 0 spiro atoms. The average Bonchev–Trinajstić information content (AvgIpc) is 2.63. The zero-order valence-corrected chi connectivity index (χ0v) is 9.37.